The molecule has 1 amide bonds. The molecule has 0 aromatic rings. The van der Waals surface area contributed by atoms with Gasteiger partial charge in [-0.25, -0.2) is 4.79 Å². The van der Waals surface area contributed by atoms with Gasteiger partial charge in [-0.2, -0.15) is 0 Å². The molecule has 0 aliphatic carbocycles. The standard InChI is InChI=1S/C10H12N2O3S/c1-2-3-5-8(10(14)15)12-6(13)4-7(12)16-9(5)11/h2-3,7,9H,4,11H2,1H3,(H,14,15)/b3-2-/t7-,9?/m1/s1. The molecule has 1 fully saturated rings. The van der Waals surface area contributed by atoms with Crippen LogP contribution in [0.4, 0.5) is 0 Å². The van der Waals surface area contributed by atoms with Crippen LogP contribution in [0.5, 0.6) is 0 Å². The number of carboxylic acid groups (broad SMARTS) is 1. The van der Waals surface area contributed by atoms with Crippen molar-refractivity contribution in [3.63, 3.8) is 0 Å². The Labute approximate surface area is 97.0 Å². The molecule has 2 rings (SSSR count). The fraction of sp³-hybridized carbons (Fsp3) is 0.400. The number of amides is 1. The molecule has 16 heavy (non-hydrogen) atoms. The van der Waals surface area contributed by atoms with Crippen molar-refractivity contribution in [1.82, 2.24) is 4.90 Å². The minimum atomic E-state index is -1.10. The van der Waals surface area contributed by atoms with Gasteiger partial charge in [0, 0.05) is 5.57 Å². The fourth-order valence-electron chi connectivity index (χ4n) is 1.86. The maximum absolute atomic E-state index is 11.4. The molecule has 2 aliphatic heterocycles. The quantitative estimate of drug-likeness (QED) is 0.686. The minimum absolute atomic E-state index is 0.0330. The van der Waals surface area contributed by atoms with Crippen molar-refractivity contribution in [1.29, 1.82) is 0 Å². The summed E-state index contributed by atoms with van der Waals surface area (Å²) < 4.78 is 0. The molecule has 1 saturated heterocycles. The normalized spacial score (nSPS) is 29.4. The van der Waals surface area contributed by atoms with Gasteiger partial charge in [0.25, 0.3) is 0 Å². The molecule has 0 radical (unpaired) electrons. The van der Waals surface area contributed by atoms with Gasteiger partial charge >= 0.3 is 5.97 Å². The number of rotatable bonds is 2. The van der Waals surface area contributed by atoms with Crippen LogP contribution >= 0.6 is 11.8 Å². The van der Waals surface area contributed by atoms with Crippen molar-refractivity contribution in [2.45, 2.75) is 24.1 Å². The van der Waals surface area contributed by atoms with Crippen LogP contribution in [0.3, 0.4) is 0 Å². The second-order valence-corrected chi connectivity index (χ2v) is 4.91. The zero-order chi connectivity index (χ0) is 11.9. The summed E-state index contributed by atoms with van der Waals surface area (Å²) >= 11 is 1.42. The second-order valence-electron chi connectivity index (χ2n) is 3.59. The van der Waals surface area contributed by atoms with Crippen LogP contribution in [0.1, 0.15) is 13.3 Å². The van der Waals surface area contributed by atoms with Crippen LogP contribution in [0.15, 0.2) is 23.4 Å². The van der Waals surface area contributed by atoms with E-state index in [0.29, 0.717) is 12.0 Å². The van der Waals surface area contributed by atoms with E-state index in [-0.39, 0.29) is 22.4 Å². The highest BCUT2D eigenvalue weighted by atomic mass is 32.2. The van der Waals surface area contributed by atoms with Crippen LogP contribution in [-0.2, 0) is 9.59 Å². The van der Waals surface area contributed by atoms with Gasteiger partial charge in [0.2, 0.25) is 5.91 Å². The Kier molecular flexibility index (Phi) is 2.77. The van der Waals surface area contributed by atoms with E-state index in [1.165, 1.54) is 16.7 Å². The van der Waals surface area contributed by atoms with E-state index in [0.717, 1.165) is 0 Å². The van der Waals surface area contributed by atoms with E-state index in [9.17, 15) is 9.59 Å². The maximum atomic E-state index is 11.4. The molecule has 3 N–H and O–H groups in total. The van der Waals surface area contributed by atoms with Crippen LogP contribution in [0.2, 0.25) is 0 Å². The number of hydrogen-bond acceptors (Lipinski definition) is 4. The zero-order valence-electron chi connectivity index (χ0n) is 8.71. The number of allylic oxidation sites excluding steroid dienone is 1. The van der Waals surface area contributed by atoms with E-state index in [2.05, 4.69) is 0 Å². The summed E-state index contributed by atoms with van der Waals surface area (Å²) in [5, 5.41) is 8.66. The van der Waals surface area contributed by atoms with Crippen molar-refractivity contribution in [3.05, 3.63) is 23.4 Å². The van der Waals surface area contributed by atoms with E-state index in [4.69, 9.17) is 10.8 Å². The minimum Gasteiger partial charge on any atom is -0.477 e. The highest BCUT2D eigenvalue weighted by molar-refractivity contribution is 8.00. The third-order valence-electron chi connectivity index (χ3n) is 2.58. The molecule has 0 aromatic heterocycles. The average molecular weight is 240 g/mol. The second kappa shape index (κ2) is 3.95. The molecule has 2 atom stereocenters. The lowest BCUT2D eigenvalue weighted by atomic mass is 10.1. The molecule has 2 aliphatic rings. The first-order valence-corrected chi connectivity index (χ1v) is 5.83. The Bertz CT molecular complexity index is 416. The highest BCUT2D eigenvalue weighted by Gasteiger charge is 2.47. The molecule has 6 heteroatoms. The Balaban J connectivity index is 2.49. The predicted octanol–water partition coefficient (Wildman–Crippen LogP) is 0.491. The Hall–Kier alpha value is -1.27. The van der Waals surface area contributed by atoms with Crippen molar-refractivity contribution in [2.24, 2.45) is 5.73 Å². The predicted molar refractivity (Wildman–Crippen MR) is 60.3 cm³/mol. The SMILES string of the molecule is C/C=C\C1=C(C(=O)O)N2C(=O)C[C@H]2SC1N. The van der Waals surface area contributed by atoms with Gasteiger partial charge in [0.15, 0.2) is 0 Å². The summed E-state index contributed by atoms with van der Waals surface area (Å²) in [5.41, 5.74) is 6.41. The molecular weight excluding hydrogens is 228 g/mol. The average Bonchev–Trinajstić information content (AvgIpc) is 2.20. The van der Waals surface area contributed by atoms with E-state index in [1.807, 2.05) is 0 Å². The number of thioether (sulfide) groups is 1. The lowest BCUT2D eigenvalue weighted by Gasteiger charge is -2.45. The van der Waals surface area contributed by atoms with Crippen molar-refractivity contribution >= 4 is 23.6 Å². The number of hydrogen-bond donors (Lipinski definition) is 2. The monoisotopic (exact) mass is 240 g/mol. The molecular formula is C10H12N2O3S. The molecule has 0 aromatic carbocycles. The number of carbonyl (C=O) groups excluding carboxylic acids is 1. The summed E-state index contributed by atoms with van der Waals surface area (Å²) in [6.45, 7) is 1.79. The number of nitrogens with two attached hydrogens (primary N) is 1. The maximum Gasteiger partial charge on any atom is 0.353 e. The highest BCUT2D eigenvalue weighted by Crippen LogP contribution is 2.42. The third-order valence-corrected chi connectivity index (χ3v) is 3.82. The summed E-state index contributed by atoms with van der Waals surface area (Å²) in [6.07, 6.45) is 3.75. The summed E-state index contributed by atoms with van der Waals surface area (Å²) in [7, 11) is 0. The molecule has 5 nitrogen and oxygen atoms in total. The molecule has 1 unspecified atom stereocenters. The van der Waals surface area contributed by atoms with Gasteiger partial charge in [-0.1, -0.05) is 12.2 Å². The lowest BCUT2D eigenvalue weighted by Crippen LogP contribution is -2.56. The topological polar surface area (TPSA) is 83.6 Å². The number of fused-ring (bicyclic) bond motifs is 1. The van der Waals surface area contributed by atoms with E-state index >= 15 is 0 Å². The molecule has 0 spiro atoms. The van der Waals surface area contributed by atoms with Gasteiger partial charge in [-0.3, -0.25) is 9.69 Å². The van der Waals surface area contributed by atoms with Gasteiger partial charge < -0.3 is 10.8 Å². The first-order chi connectivity index (χ1) is 7.56. The number of carbonyl (C=O) groups is 2. The van der Waals surface area contributed by atoms with Crippen LogP contribution in [-0.4, -0.2) is 32.6 Å². The lowest BCUT2D eigenvalue weighted by molar-refractivity contribution is -0.146. The Morgan fingerprint density at radius 2 is 2.38 bits per heavy atom. The smallest absolute Gasteiger partial charge is 0.353 e. The summed E-state index contributed by atoms with van der Waals surface area (Å²) in [5.74, 6) is -1.24. The van der Waals surface area contributed by atoms with Crippen LogP contribution in [0.25, 0.3) is 0 Å². The zero-order valence-corrected chi connectivity index (χ0v) is 9.53. The van der Waals surface area contributed by atoms with Crippen molar-refractivity contribution in [3.8, 4) is 0 Å². The molecule has 86 valence electrons. The van der Waals surface area contributed by atoms with Gasteiger partial charge in [-0.15, -0.1) is 11.8 Å². The number of nitrogens with zero attached hydrogens (tertiary/aromatic N) is 1. The Morgan fingerprint density at radius 1 is 1.69 bits per heavy atom. The third kappa shape index (κ3) is 1.54. The van der Waals surface area contributed by atoms with E-state index < -0.39 is 5.97 Å². The number of carboxylic acids is 1. The fourth-order valence-corrected chi connectivity index (χ4v) is 3.12. The first-order valence-electron chi connectivity index (χ1n) is 4.89. The number of β-lactam (4-membered cyclic amide) rings is 1. The first kappa shape index (κ1) is 11.2. The van der Waals surface area contributed by atoms with E-state index in [1.54, 1.807) is 19.1 Å². The molecule has 0 bridgehead atoms. The van der Waals surface area contributed by atoms with Crippen molar-refractivity contribution in [2.75, 3.05) is 0 Å². The largest absolute Gasteiger partial charge is 0.477 e. The van der Waals surface area contributed by atoms with Gasteiger partial charge in [-0.05, 0) is 6.92 Å². The molecule has 0 saturated carbocycles. The number of aliphatic carboxylic acids is 1. The summed E-state index contributed by atoms with van der Waals surface area (Å²) in [4.78, 5) is 23.9. The van der Waals surface area contributed by atoms with Crippen molar-refractivity contribution < 1.29 is 14.7 Å². The Morgan fingerprint density at radius 3 is 2.88 bits per heavy atom. The summed E-state index contributed by atoms with van der Waals surface area (Å²) in [6, 6.07) is 0. The van der Waals surface area contributed by atoms with Crippen LogP contribution in [0, 0.1) is 0 Å². The molecule has 2 heterocycles. The van der Waals surface area contributed by atoms with Gasteiger partial charge in [0.1, 0.15) is 5.70 Å². The van der Waals surface area contributed by atoms with Gasteiger partial charge in [0.05, 0.1) is 17.2 Å². The van der Waals surface area contributed by atoms with Crippen LogP contribution < -0.4 is 5.73 Å².